The van der Waals surface area contributed by atoms with E-state index in [1.54, 1.807) is 7.11 Å². The number of urea groups is 1. The van der Waals surface area contributed by atoms with Crippen LogP contribution < -0.4 is 10.1 Å². The number of hydrogen-bond acceptors (Lipinski definition) is 4. The van der Waals surface area contributed by atoms with Gasteiger partial charge in [0.25, 0.3) is 0 Å². The molecule has 1 atom stereocenters. The van der Waals surface area contributed by atoms with E-state index < -0.39 is 0 Å². The van der Waals surface area contributed by atoms with Crippen molar-refractivity contribution >= 4 is 12.1 Å². The SMILES string of the molecule is COc1ccc(CNC(=O)N2CCC(N3C(=O)OCC3Cc3ccccc3)CC2)cc1. The van der Waals surface area contributed by atoms with Gasteiger partial charge in [-0.05, 0) is 42.5 Å². The van der Waals surface area contributed by atoms with Crippen molar-refractivity contribution in [1.82, 2.24) is 15.1 Å². The zero-order valence-electron chi connectivity index (χ0n) is 17.8. The van der Waals surface area contributed by atoms with Crippen LogP contribution in [0.1, 0.15) is 24.0 Å². The van der Waals surface area contributed by atoms with Crippen molar-refractivity contribution < 1.29 is 19.1 Å². The zero-order chi connectivity index (χ0) is 21.6. The Balaban J connectivity index is 1.27. The summed E-state index contributed by atoms with van der Waals surface area (Å²) >= 11 is 0. The predicted molar refractivity (Wildman–Crippen MR) is 117 cm³/mol. The highest BCUT2D eigenvalue weighted by molar-refractivity contribution is 5.74. The maximum Gasteiger partial charge on any atom is 0.410 e. The monoisotopic (exact) mass is 423 g/mol. The van der Waals surface area contributed by atoms with Gasteiger partial charge >= 0.3 is 12.1 Å². The lowest BCUT2D eigenvalue weighted by Crippen LogP contribution is -2.51. The van der Waals surface area contributed by atoms with Gasteiger partial charge in [0.15, 0.2) is 0 Å². The Labute approximate surface area is 182 Å². The van der Waals surface area contributed by atoms with E-state index in [0.29, 0.717) is 26.2 Å². The quantitative estimate of drug-likeness (QED) is 0.773. The molecule has 0 radical (unpaired) electrons. The van der Waals surface area contributed by atoms with Gasteiger partial charge in [-0.3, -0.25) is 4.90 Å². The predicted octanol–water partition coefficient (Wildman–Crippen LogP) is 3.43. The van der Waals surface area contributed by atoms with E-state index in [0.717, 1.165) is 30.6 Å². The number of methoxy groups -OCH3 is 1. The molecule has 3 amide bonds. The molecule has 4 rings (SSSR count). The molecule has 0 aliphatic carbocycles. The van der Waals surface area contributed by atoms with Crippen molar-refractivity contribution in [2.75, 3.05) is 26.8 Å². The summed E-state index contributed by atoms with van der Waals surface area (Å²) in [5.74, 6) is 0.795. The first-order chi connectivity index (χ1) is 15.1. The second-order valence-electron chi connectivity index (χ2n) is 8.05. The number of amides is 3. The van der Waals surface area contributed by atoms with Gasteiger partial charge < -0.3 is 19.7 Å². The maximum atomic E-state index is 12.6. The largest absolute Gasteiger partial charge is 0.497 e. The second kappa shape index (κ2) is 9.73. The first-order valence-corrected chi connectivity index (χ1v) is 10.8. The summed E-state index contributed by atoms with van der Waals surface area (Å²) in [6.07, 6.45) is 2.07. The van der Waals surface area contributed by atoms with Gasteiger partial charge in [-0.2, -0.15) is 0 Å². The van der Waals surface area contributed by atoms with Gasteiger partial charge in [-0.1, -0.05) is 42.5 Å². The average molecular weight is 424 g/mol. The number of carbonyl (C=O) groups excluding carboxylic acids is 2. The maximum absolute atomic E-state index is 12.6. The van der Waals surface area contributed by atoms with E-state index in [4.69, 9.17) is 9.47 Å². The number of piperidine rings is 1. The molecule has 1 unspecified atom stereocenters. The lowest BCUT2D eigenvalue weighted by atomic mass is 9.99. The fourth-order valence-corrected chi connectivity index (χ4v) is 4.34. The van der Waals surface area contributed by atoms with Crippen LogP contribution in [-0.2, 0) is 17.7 Å². The van der Waals surface area contributed by atoms with Crippen LogP contribution in [0.4, 0.5) is 9.59 Å². The van der Waals surface area contributed by atoms with Crippen LogP contribution in [0.25, 0.3) is 0 Å². The molecular weight excluding hydrogens is 394 g/mol. The Bertz CT molecular complexity index is 879. The van der Waals surface area contributed by atoms with Crippen molar-refractivity contribution in [3.05, 3.63) is 65.7 Å². The Morgan fingerprint density at radius 1 is 1.06 bits per heavy atom. The molecule has 2 aromatic rings. The number of nitrogens with one attached hydrogen (secondary N) is 1. The molecule has 0 bridgehead atoms. The summed E-state index contributed by atoms with van der Waals surface area (Å²) < 4.78 is 10.5. The third kappa shape index (κ3) is 5.10. The number of hydrogen-bond donors (Lipinski definition) is 1. The third-order valence-electron chi connectivity index (χ3n) is 6.07. The van der Waals surface area contributed by atoms with E-state index in [1.165, 1.54) is 5.56 Å². The first kappa shape index (κ1) is 21.0. The van der Waals surface area contributed by atoms with Crippen molar-refractivity contribution in [3.8, 4) is 5.75 Å². The molecule has 1 N–H and O–H groups in total. The Morgan fingerprint density at radius 3 is 2.45 bits per heavy atom. The molecule has 2 aliphatic heterocycles. The van der Waals surface area contributed by atoms with Gasteiger partial charge in [0.05, 0.1) is 13.2 Å². The average Bonchev–Trinajstić information content (AvgIpc) is 3.18. The standard InChI is InChI=1S/C24H29N3O4/c1-30-22-9-7-19(8-10-22)16-25-23(28)26-13-11-20(12-14-26)27-21(17-31-24(27)29)15-18-5-3-2-4-6-18/h2-10,20-21H,11-17H2,1H3,(H,25,28). The van der Waals surface area contributed by atoms with E-state index in [2.05, 4.69) is 17.4 Å². The molecule has 2 aliphatic rings. The highest BCUT2D eigenvalue weighted by Gasteiger charge is 2.39. The minimum Gasteiger partial charge on any atom is -0.497 e. The van der Waals surface area contributed by atoms with Crippen molar-refractivity contribution in [2.24, 2.45) is 0 Å². The summed E-state index contributed by atoms with van der Waals surface area (Å²) in [5, 5.41) is 2.98. The summed E-state index contributed by atoms with van der Waals surface area (Å²) in [5.41, 5.74) is 2.22. The molecule has 0 spiro atoms. The van der Waals surface area contributed by atoms with Gasteiger partial charge in [0, 0.05) is 25.7 Å². The molecule has 7 nitrogen and oxygen atoms in total. The Morgan fingerprint density at radius 2 is 1.77 bits per heavy atom. The molecular formula is C24H29N3O4. The van der Waals surface area contributed by atoms with Crippen LogP contribution in [0.15, 0.2) is 54.6 Å². The summed E-state index contributed by atoms with van der Waals surface area (Å²) in [6, 6.07) is 17.9. The van der Waals surface area contributed by atoms with Crippen LogP contribution in [-0.4, -0.2) is 60.8 Å². The number of likely N-dealkylation sites (tertiary alicyclic amines) is 1. The Kier molecular flexibility index (Phi) is 6.60. The molecule has 2 aromatic carbocycles. The van der Waals surface area contributed by atoms with Crippen molar-refractivity contribution in [1.29, 1.82) is 0 Å². The molecule has 2 fully saturated rings. The number of cyclic esters (lactones) is 1. The van der Waals surface area contributed by atoms with Gasteiger partial charge in [0.1, 0.15) is 12.4 Å². The van der Waals surface area contributed by atoms with E-state index in [1.807, 2.05) is 52.3 Å². The Hall–Kier alpha value is -3.22. The third-order valence-corrected chi connectivity index (χ3v) is 6.07. The molecule has 2 saturated heterocycles. The number of benzene rings is 2. The first-order valence-electron chi connectivity index (χ1n) is 10.8. The van der Waals surface area contributed by atoms with Crippen molar-refractivity contribution in [2.45, 2.75) is 37.9 Å². The number of carbonyl (C=O) groups is 2. The van der Waals surface area contributed by atoms with E-state index in [9.17, 15) is 9.59 Å². The van der Waals surface area contributed by atoms with E-state index >= 15 is 0 Å². The molecule has 7 heteroatoms. The summed E-state index contributed by atoms with van der Waals surface area (Å²) in [7, 11) is 1.63. The lowest BCUT2D eigenvalue weighted by Gasteiger charge is -2.37. The minimum absolute atomic E-state index is 0.0512. The molecule has 164 valence electrons. The van der Waals surface area contributed by atoms with Gasteiger partial charge in [-0.15, -0.1) is 0 Å². The summed E-state index contributed by atoms with van der Waals surface area (Å²) in [4.78, 5) is 28.7. The van der Waals surface area contributed by atoms with Crippen molar-refractivity contribution in [3.63, 3.8) is 0 Å². The molecule has 31 heavy (non-hydrogen) atoms. The fourth-order valence-electron chi connectivity index (χ4n) is 4.34. The lowest BCUT2D eigenvalue weighted by molar-refractivity contribution is 0.113. The highest BCUT2D eigenvalue weighted by Crippen LogP contribution is 2.26. The normalized spacial score (nSPS) is 19.3. The number of rotatable bonds is 6. The zero-order valence-corrected chi connectivity index (χ0v) is 17.8. The fraction of sp³-hybridized carbons (Fsp3) is 0.417. The number of nitrogens with zero attached hydrogens (tertiary/aromatic N) is 2. The number of ether oxygens (including phenoxy) is 2. The highest BCUT2D eigenvalue weighted by atomic mass is 16.6. The topological polar surface area (TPSA) is 71.1 Å². The van der Waals surface area contributed by atoms with Gasteiger partial charge in [0.2, 0.25) is 0 Å². The van der Waals surface area contributed by atoms with Crippen LogP contribution in [0.3, 0.4) is 0 Å². The van der Waals surface area contributed by atoms with Gasteiger partial charge in [-0.25, -0.2) is 9.59 Å². The minimum atomic E-state index is -0.233. The van der Waals surface area contributed by atoms with Crippen LogP contribution in [0.2, 0.25) is 0 Å². The molecule has 2 heterocycles. The molecule has 0 saturated carbocycles. The van der Waals surface area contributed by atoms with Crippen LogP contribution in [0.5, 0.6) is 5.75 Å². The van der Waals surface area contributed by atoms with Crippen LogP contribution >= 0.6 is 0 Å². The smallest absolute Gasteiger partial charge is 0.410 e. The summed E-state index contributed by atoms with van der Waals surface area (Å²) in [6.45, 7) is 2.15. The van der Waals surface area contributed by atoms with E-state index in [-0.39, 0.29) is 24.2 Å². The second-order valence-corrected chi connectivity index (χ2v) is 8.05. The van der Waals surface area contributed by atoms with Crippen LogP contribution in [0, 0.1) is 0 Å². The molecule has 0 aromatic heterocycles.